The summed E-state index contributed by atoms with van der Waals surface area (Å²) in [7, 11) is 0. The van der Waals surface area contributed by atoms with E-state index >= 15 is 0 Å². The standard InChI is InChI=1S/C12H18N4O5/c1-3-16-6-8(9(17)15-12(16)21)5-14-11(20)13-4-7(2)10(18)19/h6-7H,3-5H2,1-2H3,(H,18,19)(H2,13,14,20)(H,15,17,21). The number of nitrogens with one attached hydrogen (secondary N) is 3. The fourth-order valence-electron chi connectivity index (χ4n) is 1.49. The van der Waals surface area contributed by atoms with Crippen molar-refractivity contribution in [2.45, 2.75) is 26.9 Å². The summed E-state index contributed by atoms with van der Waals surface area (Å²) in [5.41, 5.74) is -0.840. The van der Waals surface area contributed by atoms with Crippen molar-refractivity contribution < 1.29 is 14.7 Å². The number of aryl methyl sites for hydroxylation is 1. The minimum Gasteiger partial charge on any atom is -0.481 e. The Morgan fingerprint density at radius 1 is 1.38 bits per heavy atom. The SMILES string of the molecule is CCn1cc(CNC(=O)NCC(C)C(=O)O)c(=O)[nH]c1=O. The zero-order valence-electron chi connectivity index (χ0n) is 11.8. The minimum absolute atomic E-state index is 0.0218. The van der Waals surface area contributed by atoms with Gasteiger partial charge in [0.2, 0.25) is 0 Å². The van der Waals surface area contributed by atoms with E-state index in [0.717, 1.165) is 0 Å². The van der Waals surface area contributed by atoms with E-state index in [1.165, 1.54) is 17.7 Å². The topological polar surface area (TPSA) is 133 Å². The Labute approximate surface area is 120 Å². The van der Waals surface area contributed by atoms with Crippen LogP contribution in [0, 0.1) is 5.92 Å². The second-order valence-electron chi connectivity index (χ2n) is 4.50. The van der Waals surface area contributed by atoms with E-state index in [-0.39, 0.29) is 18.7 Å². The molecule has 9 heteroatoms. The lowest BCUT2D eigenvalue weighted by atomic mass is 10.2. The van der Waals surface area contributed by atoms with Gasteiger partial charge in [0.05, 0.1) is 18.0 Å². The van der Waals surface area contributed by atoms with Crippen molar-refractivity contribution in [2.75, 3.05) is 6.54 Å². The Hall–Kier alpha value is -2.58. The molecule has 0 aliphatic rings. The number of aromatic nitrogens is 2. The van der Waals surface area contributed by atoms with E-state index in [1.54, 1.807) is 6.92 Å². The molecule has 0 aromatic carbocycles. The van der Waals surface area contributed by atoms with Gasteiger partial charge in [-0.3, -0.25) is 14.6 Å². The highest BCUT2D eigenvalue weighted by Crippen LogP contribution is 1.92. The molecule has 1 aromatic rings. The third-order valence-corrected chi connectivity index (χ3v) is 2.86. The summed E-state index contributed by atoms with van der Waals surface area (Å²) in [4.78, 5) is 47.1. The first-order valence-electron chi connectivity index (χ1n) is 6.42. The van der Waals surface area contributed by atoms with Crippen LogP contribution in [0.15, 0.2) is 15.8 Å². The van der Waals surface area contributed by atoms with Gasteiger partial charge in [-0.25, -0.2) is 9.59 Å². The van der Waals surface area contributed by atoms with Gasteiger partial charge in [0.15, 0.2) is 0 Å². The van der Waals surface area contributed by atoms with Crippen LogP contribution < -0.4 is 21.9 Å². The van der Waals surface area contributed by atoms with Gasteiger partial charge in [-0.15, -0.1) is 0 Å². The van der Waals surface area contributed by atoms with Crippen LogP contribution in [-0.4, -0.2) is 33.2 Å². The fraction of sp³-hybridized carbons (Fsp3) is 0.500. The molecule has 0 fully saturated rings. The molecule has 1 rings (SSSR count). The lowest BCUT2D eigenvalue weighted by Gasteiger charge is -2.10. The fourth-order valence-corrected chi connectivity index (χ4v) is 1.49. The number of urea groups is 1. The van der Waals surface area contributed by atoms with Crippen LogP contribution in [0.5, 0.6) is 0 Å². The molecule has 0 aliphatic carbocycles. The minimum atomic E-state index is -1.01. The molecule has 0 radical (unpaired) electrons. The summed E-state index contributed by atoms with van der Waals surface area (Å²) in [6.07, 6.45) is 1.38. The maximum Gasteiger partial charge on any atom is 0.328 e. The molecule has 21 heavy (non-hydrogen) atoms. The van der Waals surface area contributed by atoms with Gasteiger partial charge in [-0.1, -0.05) is 6.92 Å². The predicted molar refractivity (Wildman–Crippen MR) is 74.0 cm³/mol. The van der Waals surface area contributed by atoms with Crippen molar-refractivity contribution in [3.63, 3.8) is 0 Å². The number of carbonyl (C=O) groups is 2. The number of amides is 2. The van der Waals surface area contributed by atoms with Crippen LogP contribution in [0.25, 0.3) is 0 Å². The number of aliphatic carboxylic acids is 1. The number of carboxylic acids is 1. The van der Waals surface area contributed by atoms with E-state index in [9.17, 15) is 19.2 Å². The van der Waals surface area contributed by atoms with Crippen molar-refractivity contribution in [2.24, 2.45) is 5.92 Å². The summed E-state index contributed by atoms with van der Waals surface area (Å²) in [6.45, 7) is 3.52. The second-order valence-corrected chi connectivity index (χ2v) is 4.50. The summed E-state index contributed by atoms with van der Waals surface area (Å²) >= 11 is 0. The highest BCUT2D eigenvalue weighted by Gasteiger charge is 2.12. The molecule has 1 heterocycles. The number of aromatic amines is 1. The summed E-state index contributed by atoms with van der Waals surface area (Å²) in [6, 6.07) is -0.586. The summed E-state index contributed by atoms with van der Waals surface area (Å²) in [5.74, 6) is -1.72. The van der Waals surface area contributed by atoms with Gasteiger partial charge in [0, 0.05) is 19.3 Å². The van der Waals surface area contributed by atoms with E-state index in [1.807, 2.05) is 0 Å². The van der Waals surface area contributed by atoms with Crippen LogP contribution in [0.3, 0.4) is 0 Å². The van der Waals surface area contributed by atoms with E-state index in [2.05, 4.69) is 15.6 Å². The molecule has 0 spiro atoms. The van der Waals surface area contributed by atoms with Gasteiger partial charge >= 0.3 is 17.7 Å². The lowest BCUT2D eigenvalue weighted by molar-refractivity contribution is -0.140. The smallest absolute Gasteiger partial charge is 0.328 e. The molecule has 0 saturated carbocycles. The third-order valence-electron chi connectivity index (χ3n) is 2.86. The van der Waals surface area contributed by atoms with Crippen molar-refractivity contribution in [1.82, 2.24) is 20.2 Å². The van der Waals surface area contributed by atoms with Gasteiger partial charge in [-0.2, -0.15) is 0 Å². The zero-order chi connectivity index (χ0) is 16.0. The molecule has 9 nitrogen and oxygen atoms in total. The first kappa shape index (κ1) is 16.5. The molecule has 116 valence electrons. The van der Waals surface area contributed by atoms with Gasteiger partial charge in [-0.05, 0) is 6.92 Å². The maximum absolute atomic E-state index is 11.6. The molecule has 1 atom stereocenters. The third kappa shape index (κ3) is 4.79. The Bertz CT molecular complexity index is 633. The average Bonchev–Trinajstić information content (AvgIpc) is 2.43. The predicted octanol–water partition coefficient (Wildman–Crippen LogP) is -0.924. The molecule has 4 N–H and O–H groups in total. The summed E-state index contributed by atoms with van der Waals surface area (Å²) < 4.78 is 1.31. The molecule has 0 aliphatic heterocycles. The zero-order valence-corrected chi connectivity index (χ0v) is 11.8. The van der Waals surface area contributed by atoms with Gasteiger partial charge < -0.3 is 20.3 Å². The molecular formula is C12H18N4O5. The lowest BCUT2D eigenvalue weighted by Crippen LogP contribution is -2.40. The normalized spacial score (nSPS) is 11.7. The van der Waals surface area contributed by atoms with E-state index < -0.39 is 29.2 Å². The molecule has 2 amide bonds. The Kier molecular flexibility index (Phi) is 5.70. The van der Waals surface area contributed by atoms with Gasteiger partial charge in [0.1, 0.15) is 0 Å². The largest absolute Gasteiger partial charge is 0.481 e. The quantitative estimate of drug-likeness (QED) is 0.539. The van der Waals surface area contributed by atoms with E-state index in [0.29, 0.717) is 6.54 Å². The molecule has 0 saturated heterocycles. The number of H-pyrrole nitrogens is 1. The monoisotopic (exact) mass is 298 g/mol. The van der Waals surface area contributed by atoms with Crippen molar-refractivity contribution >= 4 is 12.0 Å². The first-order chi connectivity index (χ1) is 9.85. The number of carboxylic acid groups (broad SMARTS) is 1. The first-order valence-corrected chi connectivity index (χ1v) is 6.42. The van der Waals surface area contributed by atoms with Crippen LogP contribution >= 0.6 is 0 Å². The highest BCUT2D eigenvalue weighted by atomic mass is 16.4. The Morgan fingerprint density at radius 3 is 2.62 bits per heavy atom. The van der Waals surface area contributed by atoms with Crippen molar-refractivity contribution in [3.8, 4) is 0 Å². The Morgan fingerprint density at radius 2 is 2.05 bits per heavy atom. The van der Waals surface area contributed by atoms with Crippen LogP contribution in [0.2, 0.25) is 0 Å². The van der Waals surface area contributed by atoms with Crippen molar-refractivity contribution in [3.05, 3.63) is 32.6 Å². The highest BCUT2D eigenvalue weighted by molar-refractivity contribution is 5.75. The average molecular weight is 298 g/mol. The number of rotatable bonds is 6. The van der Waals surface area contributed by atoms with Crippen LogP contribution in [0.4, 0.5) is 4.79 Å². The number of hydrogen-bond donors (Lipinski definition) is 4. The molecule has 0 bridgehead atoms. The number of carbonyl (C=O) groups excluding carboxylic acids is 1. The molecule has 1 unspecified atom stereocenters. The second kappa shape index (κ2) is 7.27. The van der Waals surface area contributed by atoms with Crippen LogP contribution in [-0.2, 0) is 17.9 Å². The van der Waals surface area contributed by atoms with Crippen LogP contribution in [0.1, 0.15) is 19.4 Å². The van der Waals surface area contributed by atoms with E-state index in [4.69, 9.17) is 5.11 Å². The maximum atomic E-state index is 11.6. The van der Waals surface area contributed by atoms with Gasteiger partial charge in [0.25, 0.3) is 5.56 Å². The number of hydrogen-bond acceptors (Lipinski definition) is 4. The molecule has 1 aromatic heterocycles. The molecular weight excluding hydrogens is 280 g/mol. The Balaban J connectivity index is 2.59. The summed E-state index contributed by atoms with van der Waals surface area (Å²) in [5, 5.41) is 13.5. The number of nitrogens with zero attached hydrogens (tertiary/aromatic N) is 1. The van der Waals surface area contributed by atoms with Crippen molar-refractivity contribution in [1.29, 1.82) is 0 Å².